The van der Waals surface area contributed by atoms with Crippen molar-refractivity contribution < 1.29 is 19.1 Å². The Balaban J connectivity index is 2.21. The van der Waals surface area contributed by atoms with E-state index in [1.807, 2.05) is 0 Å². The SMILES string of the molecule is O=C(O)[C@H]1CC(c2ccccc2F)=NO1. The monoisotopic (exact) mass is 209 g/mol. The zero-order valence-corrected chi connectivity index (χ0v) is 7.68. The van der Waals surface area contributed by atoms with Crippen molar-refractivity contribution in [3.05, 3.63) is 35.6 Å². The minimum absolute atomic E-state index is 0.0935. The lowest BCUT2D eigenvalue weighted by molar-refractivity contribution is -0.148. The predicted octanol–water partition coefficient (Wildman–Crippen LogP) is 1.40. The van der Waals surface area contributed by atoms with E-state index in [0.29, 0.717) is 11.3 Å². The summed E-state index contributed by atoms with van der Waals surface area (Å²) in [6.45, 7) is 0. The van der Waals surface area contributed by atoms with Gasteiger partial charge in [0.15, 0.2) is 0 Å². The lowest BCUT2D eigenvalue weighted by Crippen LogP contribution is -2.20. The van der Waals surface area contributed by atoms with E-state index in [-0.39, 0.29) is 6.42 Å². The molecule has 4 nitrogen and oxygen atoms in total. The van der Waals surface area contributed by atoms with Crippen LogP contribution in [-0.4, -0.2) is 22.9 Å². The third-order valence-electron chi connectivity index (χ3n) is 2.13. The van der Waals surface area contributed by atoms with Crippen LogP contribution in [0.4, 0.5) is 4.39 Å². The van der Waals surface area contributed by atoms with Crippen molar-refractivity contribution in [3.8, 4) is 0 Å². The number of carboxylic acids is 1. The standard InChI is InChI=1S/C10H8FNO3/c11-7-4-2-1-3-6(7)8-5-9(10(13)14)15-12-8/h1-4,9H,5H2,(H,13,14)/t9-/m1/s1. The van der Waals surface area contributed by atoms with Gasteiger partial charge in [0, 0.05) is 12.0 Å². The number of oxime groups is 1. The number of nitrogens with zero attached hydrogens (tertiary/aromatic N) is 1. The second-order valence-electron chi connectivity index (χ2n) is 3.15. The summed E-state index contributed by atoms with van der Waals surface area (Å²) in [6.07, 6.45) is -0.907. The molecular weight excluding hydrogens is 201 g/mol. The maximum Gasteiger partial charge on any atom is 0.348 e. The highest BCUT2D eigenvalue weighted by atomic mass is 19.1. The lowest BCUT2D eigenvalue weighted by atomic mass is 10.0. The van der Waals surface area contributed by atoms with E-state index in [1.54, 1.807) is 18.2 Å². The Morgan fingerprint density at radius 2 is 2.27 bits per heavy atom. The molecule has 1 N–H and O–H groups in total. The Morgan fingerprint density at radius 1 is 1.53 bits per heavy atom. The van der Waals surface area contributed by atoms with Gasteiger partial charge in [0.2, 0.25) is 6.10 Å². The van der Waals surface area contributed by atoms with Gasteiger partial charge in [-0.2, -0.15) is 0 Å². The van der Waals surface area contributed by atoms with Crippen molar-refractivity contribution in [1.29, 1.82) is 0 Å². The average Bonchev–Trinajstić information content (AvgIpc) is 2.67. The fraction of sp³-hybridized carbons (Fsp3) is 0.200. The van der Waals surface area contributed by atoms with Gasteiger partial charge >= 0.3 is 5.97 Å². The summed E-state index contributed by atoms with van der Waals surface area (Å²) < 4.78 is 13.3. The molecule has 1 aliphatic rings. The fourth-order valence-electron chi connectivity index (χ4n) is 1.36. The molecule has 1 aromatic rings. The summed E-state index contributed by atoms with van der Waals surface area (Å²) in [6, 6.07) is 6.06. The highest BCUT2D eigenvalue weighted by Crippen LogP contribution is 2.18. The minimum Gasteiger partial charge on any atom is -0.478 e. The molecule has 0 amide bonds. The van der Waals surface area contributed by atoms with Gasteiger partial charge in [0.25, 0.3) is 0 Å². The van der Waals surface area contributed by atoms with Crippen LogP contribution in [0.5, 0.6) is 0 Å². The molecule has 0 bridgehead atoms. The zero-order chi connectivity index (χ0) is 10.8. The second kappa shape index (κ2) is 3.68. The van der Waals surface area contributed by atoms with E-state index >= 15 is 0 Å². The smallest absolute Gasteiger partial charge is 0.348 e. The Hall–Kier alpha value is -1.91. The van der Waals surface area contributed by atoms with Crippen LogP contribution >= 0.6 is 0 Å². The average molecular weight is 209 g/mol. The molecule has 1 aliphatic heterocycles. The summed E-state index contributed by atoms with van der Waals surface area (Å²) in [5.41, 5.74) is 0.627. The van der Waals surface area contributed by atoms with Crippen molar-refractivity contribution in [3.63, 3.8) is 0 Å². The molecule has 1 heterocycles. The van der Waals surface area contributed by atoms with Crippen molar-refractivity contribution >= 4 is 11.7 Å². The first kappa shape index (κ1) is 9.64. The van der Waals surface area contributed by atoms with Gasteiger partial charge in [-0.3, -0.25) is 0 Å². The Labute approximate surface area is 85.0 Å². The van der Waals surface area contributed by atoms with Gasteiger partial charge in [-0.05, 0) is 6.07 Å². The number of carbonyl (C=O) groups is 1. The number of hydrogen-bond donors (Lipinski definition) is 1. The highest BCUT2D eigenvalue weighted by molar-refractivity contribution is 6.03. The van der Waals surface area contributed by atoms with Crippen molar-refractivity contribution in [2.75, 3.05) is 0 Å². The number of hydrogen-bond acceptors (Lipinski definition) is 3. The molecule has 1 aromatic carbocycles. The van der Waals surface area contributed by atoms with Gasteiger partial charge in [-0.15, -0.1) is 0 Å². The van der Waals surface area contributed by atoms with Crippen LogP contribution in [0.1, 0.15) is 12.0 Å². The molecule has 78 valence electrons. The minimum atomic E-state index is -1.09. The van der Waals surface area contributed by atoms with Gasteiger partial charge < -0.3 is 9.94 Å². The molecule has 15 heavy (non-hydrogen) atoms. The van der Waals surface area contributed by atoms with E-state index in [2.05, 4.69) is 9.99 Å². The van der Waals surface area contributed by atoms with E-state index in [4.69, 9.17) is 5.11 Å². The molecule has 0 spiro atoms. The maximum atomic E-state index is 13.3. The van der Waals surface area contributed by atoms with E-state index < -0.39 is 17.9 Å². The first-order chi connectivity index (χ1) is 7.18. The number of carboxylic acid groups (broad SMARTS) is 1. The molecule has 2 rings (SSSR count). The van der Waals surface area contributed by atoms with Crippen molar-refractivity contribution in [2.24, 2.45) is 5.16 Å². The normalized spacial score (nSPS) is 19.5. The molecule has 0 aromatic heterocycles. The molecule has 0 aliphatic carbocycles. The summed E-state index contributed by atoms with van der Waals surface area (Å²) in [4.78, 5) is 15.2. The molecule has 0 saturated carbocycles. The van der Waals surface area contributed by atoms with Crippen LogP contribution < -0.4 is 0 Å². The van der Waals surface area contributed by atoms with Crippen molar-refractivity contribution in [1.82, 2.24) is 0 Å². The largest absolute Gasteiger partial charge is 0.478 e. The summed E-state index contributed by atoms with van der Waals surface area (Å²) in [5, 5.41) is 12.2. The molecule has 0 unspecified atom stereocenters. The van der Waals surface area contributed by atoms with Gasteiger partial charge in [0.1, 0.15) is 5.82 Å². The topological polar surface area (TPSA) is 58.9 Å². The van der Waals surface area contributed by atoms with Crippen LogP contribution in [0.15, 0.2) is 29.4 Å². The van der Waals surface area contributed by atoms with Gasteiger partial charge in [-0.25, -0.2) is 9.18 Å². The Kier molecular flexibility index (Phi) is 2.37. The predicted molar refractivity (Wildman–Crippen MR) is 50.1 cm³/mol. The number of aliphatic carboxylic acids is 1. The molecule has 1 atom stereocenters. The molecular formula is C10H8FNO3. The molecule has 5 heteroatoms. The third-order valence-corrected chi connectivity index (χ3v) is 2.13. The fourth-order valence-corrected chi connectivity index (χ4v) is 1.36. The van der Waals surface area contributed by atoms with E-state index in [9.17, 15) is 9.18 Å². The van der Waals surface area contributed by atoms with Crippen LogP contribution in [0.2, 0.25) is 0 Å². The molecule has 0 fully saturated rings. The Morgan fingerprint density at radius 3 is 2.87 bits per heavy atom. The number of halogens is 1. The third kappa shape index (κ3) is 1.81. The highest BCUT2D eigenvalue weighted by Gasteiger charge is 2.29. The second-order valence-corrected chi connectivity index (χ2v) is 3.15. The Bertz CT molecular complexity index is 430. The van der Waals surface area contributed by atoms with Crippen LogP contribution in [0.3, 0.4) is 0 Å². The lowest BCUT2D eigenvalue weighted by Gasteiger charge is -2.00. The van der Waals surface area contributed by atoms with Crippen LogP contribution in [0.25, 0.3) is 0 Å². The van der Waals surface area contributed by atoms with Crippen molar-refractivity contribution in [2.45, 2.75) is 12.5 Å². The maximum absolute atomic E-state index is 13.3. The summed E-state index contributed by atoms with van der Waals surface area (Å²) in [7, 11) is 0. The van der Waals surface area contributed by atoms with Gasteiger partial charge in [-0.1, -0.05) is 23.4 Å². The number of benzene rings is 1. The molecule has 0 saturated heterocycles. The van der Waals surface area contributed by atoms with Crippen LogP contribution in [-0.2, 0) is 9.63 Å². The van der Waals surface area contributed by atoms with Gasteiger partial charge in [0.05, 0.1) is 5.71 Å². The quantitative estimate of drug-likeness (QED) is 0.800. The number of rotatable bonds is 2. The summed E-state index contributed by atoms with van der Waals surface area (Å²) in [5.74, 6) is -1.52. The first-order valence-electron chi connectivity index (χ1n) is 4.39. The first-order valence-corrected chi connectivity index (χ1v) is 4.39. The zero-order valence-electron chi connectivity index (χ0n) is 7.68. The molecule has 0 radical (unpaired) electrons. The van der Waals surface area contributed by atoms with Crippen LogP contribution in [0, 0.1) is 5.82 Å². The summed E-state index contributed by atoms with van der Waals surface area (Å²) >= 11 is 0. The van der Waals surface area contributed by atoms with E-state index in [0.717, 1.165) is 0 Å². The van der Waals surface area contributed by atoms with E-state index in [1.165, 1.54) is 6.07 Å².